The zero-order chi connectivity index (χ0) is 15.5. The highest BCUT2D eigenvalue weighted by Crippen LogP contribution is 2.33. The van der Waals surface area contributed by atoms with Crippen molar-refractivity contribution in [3.8, 4) is 0 Å². The number of benzene rings is 1. The lowest BCUT2D eigenvalue weighted by molar-refractivity contribution is -0.137. The first-order chi connectivity index (χ1) is 9.90. The highest BCUT2D eigenvalue weighted by Gasteiger charge is 2.31. The minimum atomic E-state index is -4.57. The molecule has 0 bridgehead atoms. The number of hydrogen-bond acceptors (Lipinski definition) is 1. The molecule has 2 rings (SSSR count). The fraction of sp³-hybridized carbons (Fsp3) is 0.500. The zero-order valence-electron chi connectivity index (χ0n) is 11.6. The van der Waals surface area contributed by atoms with E-state index in [-0.39, 0.29) is 18.1 Å². The van der Waals surface area contributed by atoms with Crippen molar-refractivity contribution in [3.63, 3.8) is 0 Å². The summed E-state index contributed by atoms with van der Waals surface area (Å²) in [6.07, 6.45) is 2.02. The van der Waals surface area contributed by atoms with Gasteiger partial charge in [-0.25, -0.2) is 4.39 Å². The number of halogens is 4. The van der Waals surface area contributed by atoms with Crippen LogP contribution in [0.5, 0.6) is 0 Å². The van der Waals surface area contributed by atoms with Crippen LogP contribution in [0.3, 0.4) is 0 Å². The molecule has 1 aliphatic rings. The molecule has 0 aliphatic heterocycles. The van der Waals surface area contributed by atoms with E-state index in [0.29, 0.717) is 11.6 Å². The smallest absolute Gasteiger partial charge is 0.392 e. The molecular weight excluding hydrogens is 284 g/mol. The normalized spacial score (nSPS) is 18.0. The maximum atomic E-state index is 13.4. The highest BCUT2D eigenvalue weighted by atomic mass is 19.4. The molecule has 21 heavy (non-hydrogen) atoms. The molecule has 0 amide bonds. The van der Waals surface area contributed by atoms with Gasteiger partial charge in [-0.3, -0.25) is 0 Å². The molecule has 1 aromatic rings. The van der Waals surface area contributed by atoms with E-state index < -0.39 is 17.6 Å². The molecule has 0 radical (unpaired) electrons. The fourth-order valence-electron chi connectivity index (χ4n) is 2.84. The van der Waals surface area contributed by atoms with Crippen molar-refractivity contribution in [3.05, 3.63) is 40.7 Å². The number of rotatable bonds is 3. The summed E-state index contributed by atoms with van der Waals surface area (Å²) in [4.78, 5) is 0. The fourth-order valence-corrected chi connectivity index (χ4v) is 2.84. The van der Waals surface area contributed by atoms with Crippen LogP contribution < -0.4 is 0 Å². The standard InChI is InChI=1S/C16H18F4O/c17-15-8-11(7-14(9-15)16(18,19)20)6-13(10-21)12-4-2-1-3-5-12/h6-9,12,21H,1-5,10H2/b13-6-. The molecule has 0 unspecified atom stereocenters. The van der Waals surface area contributed by atoms with Crippen LogP contribution >= 0.6 is 0 Å². The molecule has 1 saturated carbocycles. The topological polar surface area (TPSA) is 20.2 Å². The van der Waals surface area contributed by atoms with E-state index in [1.807, 2.05) is 0 Å². The maximum Gasteiger partial charge on any atom is 0.416 e. The Hall–Kier alpha value is -1.36. The van der Waals surface area contributed by atoms with Gasteiger partial charge in [0.2, 0.25) is 0 Å². The van der Waals surface area contributed by atoms with Gasteiger partial charge in [0.05, 0.1) is 12.2 Å². The van der Waals surface area contributed by atoms with Gasteiger partial charge in [-0.2, -0.15) is 13.2 Å². The largest absolute Gasteiger partial charge is 0.416 e. The van der Waals surface area contributed by atoms with Crippen molar-refractivity contribution in [2.45, 2.75) is 38.3 Å². The predicted molar refractivity (Wildman–Crippen MR) is 73.0 cm³/mol. The predicted octanol–water partition coefficient (Wildman–Crippen LogP) is 4.80. The van der Waals surface area contributed by atoms with Crippen LogP contribution in [0.2, 0.25) is 0 Å². The SMILES string of the molecule is OC/C(=C/c1cc(F)cc(C(F)(F)F)c1)C1CCCCC1. The molecule has 1 nitrogen and oxygen atoms in total. The summed E-state index contributed by atoms with van der Waals surface area (Å²) in [5, 5.41) is 9.45. The molecule has 0 spiro atoms. The molecule has 1 fully saturated rings. The molecule has 0 heterocycles. The third-order valence-electron chi connectivity index (χ3n) is 3.91. The van der Waals surface area contributed by atoms with Crippen molar-refractivity contribution in [2.75, 3.05) is 6.61 Å². The Balaban J connectivity index is 2.31. The summed E-state index contributed by atoms with van der Waals surface area (Å²) in [6.45, 7) is -0.206. The first kappa shape index (κ1) is 16.0. The third kappa shape index (κ3) is 4.30. The van der Waals surface area contributed by atoms with Gasteiger partial charge in [0.25, 0.3) is 0 Å². The summed E-state index contributed by atoms with van der Waals surface area (Å²) in [7, 11) is 0. The van der Waals surface area contributed by atoms with Crippen LogP contribution in [-0.4, -0.2) is 11.7 Å². The Bertz CT molecular complexity index is 513. The summed E-state index contributed by atoms with van der Waals surface area (Å²) < 4.78 is 51.4. The number of aliphatic hydroxyl groups is 1. The van der Waals surface area contributed by atoms with Gasteiger partial charge < -0.3 is 5.11 Å². The van der Waals surface area contributed by atoms with E-state index >= 15 is 0 Å². The number of alkyl halides is 3. The first-order valence-electron chi connectivity index (χ1n) is 7.09. The van der Waals surface area contributed by atoms with Crippen LogP contribution in [0.15, 0.2) is 23.8 Å². The van der Waals surface area contributed by atoms with Gasteiger partial charge in [0, 0.05) is 0 Å². The average Bonchev–Trinajstić information content (AvgIpc) is 2.44. The second-order valence-electron chi connectivity index (χ2n) is 5.48. The number of hydrogen-bond donors (Lipinski definition) is 1. The zero-order valence-corrected chi connectivity index (χ0v) is 11.6. The van der Waals surface area contributed by atoms with Crippen molar-refractivity contribution >= 4 is 6.08 Å². The Morgan fingerprint density at radius 1 is 1.14 bits per heavy atom. The van der Waals surface area contributed by atoms with E-state index in [9.17, 15) is 22.7 Å². The van der Waals surface area contributed by atoms with Crippen molar-refractivity contribution in [1.82, 2.24) is 0 Å². The van der Waals surface area contributed by atoms with Crippen LogP contribution in [0.25, 0.3) is 6.08 Å². The lowest BCUT2D eigenvalue weighted by Gasteiger charge is -2.23. The molecule has 116 valence electrons. The molecule has 5 heteroatoms. The van der Waals surface area contributed by atoms with Gasteiger partial charge in [-0.15, -0.1) is 0 Å². The van der Waals surface area contributed by atoms with Crippen LogP contribution in [0.1, 0.15) is 43.2 Å². The van der Waals surface area contributed by atoms with Crippen LogP contribution in [-0.2, 0) is 6.18 Å². The van der Waals surface area contributed by atoms with Crippen LogP contribution in [0.4, 0.5) is 17.6 Å². The molecule has 0 aromatic heterocycles. The lowest BCUT2D eigenvalue weighted by atomic mass is 9.83. The summed E-state index contributed by atoms with van der Waals surface area (Å²) >= 11 is 0. The monoisotopic (exact) mass is 302 g/mol. The summed E-state index contributed by atoms with van der Waals surface area (Å²) in [5.74, 6) is -0.738. The summed E-state index contributed by atoms with van der Waals surface area (Å²) in [6, 6.07) is 2.46. The molecule has 1 aliphatic carbocycles. The Labute approximate surface area is 121 Å². The number of aliphatic hydroxyl groups excluding tert-OH is 1. The van der Waals surface area contributed by atoms with Gasteiger partial charge in [0.1, 0.15) is 5.82 Å². The third-order valence-corrected chi connectivity index (χ3v) is 3.91. The van der Waals surface area contributed by atoms with Crippen molar-refractivity contribution < 1.29 is 22.7 Å². The van der Waals surface area contributed by atoms with Gasteiger partial charge in [-0.05, 0) is 48.1 Å². The molecular formula is C16H18F4O. The average molecular weight is 302 g/mol. The van der Waals surface area contributed by atoms with E-state index in [1.54, 1.807) is 0 Å². The Kier molecular flexibility index (Phi) is 5.04. The Morgan fingerprint density at radius 3 is 2.38 bits per heavy atom. The summed E-state index contributed by atoms with van der Waals surface area (Å²) in [5.41, 5.74) is -0.167. The van der Waals surface area contributed by atoms with E-state index in [1.165, 1.54) is 6.08 Å². The minimum Gasteiger partial charge on any atom is -0.392 e. The molecule has 1 aromatic carbocycles. The van der Waals surface area contributed by atoms with Gasteiger partial charge in [0.15, 0.2) is 0 Å². The van der Waals surface area contributed by atoms with Gasteiger partial charge >= 0.3 is 6.18 Å². The molecule has 0 atom stereocenters. The second-order valence-corrected chi connectivity index (χ2v) is 5.48. The second kappa shape index (κ2) is 6.60. The van der Waals surface area contributed by atoms with Crippen molar-refractivity contribution in [1.29, 1.82) is 0 Å². The lowest BCUT2D eigenvalue weighted by Crippen LogP contribution is -2.12. The Morgan fingerprint density at radius 2 is 1.81 bits per heavy atom. The van der Waals surface area contributed by atoms with Crippen molar-refractivity contribution in [2.24, 2.45) is 5.92 Å². The van der Waals surface area contributed by atoms with Crippen LogP contribution in [0, 0.1) is 11.7 Å². The van der Waals surface area contributed by atoms with E-state index in [2.05, 4.69) is 0 Å². The van der Waals surface area contributed by atoms with E-state index in [4.69, 9.17) is 0 Å². The quantitative estimate of drug-likeness (QED) is 0.795. The minimum absolute atomic E-state index is 0.150. The maximum absolute atomic E-state index is 13.4. The van der Waals surface area contributed by atoms with Gasteiger partial charge in [-0.1, -0.05) is 25.3 Å². The highest BCUT2D eigenvalue weighted by molar-refractivity contribution is 5.55. The molecule has 0 saturated heterocycles. The molecule has 1 N–H and O–H groups in total. The first-order valence-corrected chi connectivity index (χ1v) is 7.09. The van der Waals surface area contributed by atoms with E-state index in [0.717, 1.165) is 44.2 Å².